The fourth-order valence-corrected chi connectivity index (χ4v) is 1.62. The Morgan fingerprint density at radius 2 is 2.31 bits per heavy atom. The van der Waals surface area contributed by atoms with Crippen molar-refractivity contribution in [2.24, 2.45) is 0 Å². The average Bonchev–Trinajstić information content (AvgIpc) is 2.85. The van der Waals surface area contributed by atoms with Gasteiger partial charge in [0.15, 0.2) is 0 Å². The number of Topliss-reactive ketones (excluding diaryl/α,β-unsaturated/α-hetero) is 1. The highest BCUT2D eigenvalue weighted by Crippen LogP contribution is 2.48. The predicted octanol–water partition coefficient (Wildman–Crippen LogP) is 1.84. The predicted molar refractivity (Wildman–Crippen MR) is 45.8 cm³/mol. The van der Waals surface area contributed by atoms with Crippen molar-refractivity contribution in [2.75, 3.05) is 0 Å². The fraction of sp³-hybridized carbons (Fsp3) is 0.400. The van der Waals surface area contributed by atoms with Gasteiger partial charge >= 0.3 is 0 Å². The van der Waals surface area contributed by atoms with Gasteiger partial charge in [0.1, 0.15) is 11.6 Å². The molecule has 0 amide bonds. The number of rotatable bonds is 2. The molecule has 1 aromatic heterocycles. The van der Waals surface area contributed by atoms with Crippen LogP contribution in [0.5, 0.6) is 0 Å². The Balaban J connectivity index is 2.47. The zero-order valence-corrected chi connectivity index (χ0v) is 7.38. The first-order valence-electron chi connectivity index (χ1n) is 4.29. The standard InChI is InChI=1S/C10H10FNO/c1-7(13)10(4-5-10)9-8(11)3-2-6-12-9/h2-3,6H,4-5H2,1H3. The van der Waals surface area contributed by atoms with E-state index in [9.17, 15) is 9.18 Å². The van der Waals surface area contributed by atoms with E-state index < -0.39 is 5.41 Å². The van der Waals surface area contributed by atoms with Gasteiger partial charge in [-0.25, -0.2) is 4.39 Å². The molecule has 2 nitrogen and oxygen atoms in total. The smallest absolute Gasteiger partial charge is 0.145 e. The summed E-state index contributed by atoms with van der Waals surface area (Å²) in [5, 5.41) is 0. The Morgan fingerprint density at radius 3 is 2.77 bits per heavy atom. The number of hydrogen-bond donors (Lipinski definition) is 0. The van der Waals surface area contributed by atoms with E-state index in [1.165, 1.54) is 25.3 Å². The van der Waals surface area contributed by atoms with E-state index in [1.54, 1.807) is 0 Å². The van der Waals surface area contributed by atoms with Crippen molar-refractivity contribution in [2.45, 2.75) is 25.2 Å². The third-order valence-electron chi connectivity index (χ3n) is 2.64. The normalized spacial score (nSPS) is 18.3. The van der Waals surface area contributed by atoms with Gasteiger partial charge in [0.05, 0.1) is 11.1 Å². The van der Waals surface area contributed by atoms with Crippen LogP contribution in [0.15, 0.2) is 18.3 Å². The van der Waals surface area contributed by atoms with E-state index in [1.807, 2.05) is 0 Å². The summed E-state index contributed by atoms with van der Waals surface area (Å²) in [7, 11) is 0. The number of hydrogen-bond acceptors (Lipinski definition) is 2. The molecule has 0 spiro atoms. The molecular weight excluding hydrogens is 169 g/mol. The third-order valence-corrected chi connectivity index (χ3v) is 2.64. The molecule has 13 heavy (non-hydrogen) atoms. The van der Waals surface area contributed by atoms with Crippen LogP contribution in [0.3, 0.4) is 0 Å². The first-order valence-corrected chi connectivity index (χ1v) is 4.29. The van der Waals surface area contributed by atoms with Crippen LogP contribution in [0.1, 0.15) is 25.5 Å². The number of ketones is 1. The largest absolute Gasteiger partial charge is 0.299 e. The van der Waals surface area contributed by atoms with E-state index in [2.05, 4.69) is 4.98 Å². The van der Waals surface area contributed by atoms with Crippen molar-refractivity contribution in [3.05, 3.63) is 29.8 Å². The molecule has 0 aliphatic heterocycles. The number of aromatic nitrogens is 1. The van der Waals surface area contributed by atoms with Gasteiger partial charge in [-0.15, -0.1) is 0 Å². The van der Waals surface area contributed by atoms with E-state index in [-0.39, 0.29) is 11.6 Å². The number of halogens is 1. The highest BCUT2D eigenvalue weighted by molar-refractivity contribution is 5.90. The highest BCUT2D eigenvalue weighted by atomic mass is 19.1. The molecule has 68 valence electrons. The highest BCUT2D eigenvalue weighted by Gasteiger charge is 2.51. The summed E-state index contributed by atoms with van der Waals surface area (Å²) in [5.74, 6) is -0.347. The zero-order valence-electron chi connectivity index (χ0n) is 7.38. The van der Waals surface area contributed by atoms with E-state index >= 15 is 0 Å². The molecule has 1 fully saturated rings. The van der Waals surface area contributed by atoms with Crippen LogP contribution in [0, 0.1) is 5.82 Å². The fourth-order valence-electron chi connectivity index (χ4n) is 1.62. The molecule has 0 unspecified atom stereocenters. The minimum absolute atomic E-state index is 0.0186. The summed E-state index contributed by atoms with van der Waals surface area (Å²) in [4.78, 5) is 15.2. The molecule has 1 aliphatic rings. The third kappa shape index (κ3) is 1.15. The number of carbonyl (C=O) groups is 1. The van der Waals surface area contributed by atoms with Crippen LogP contribution in [-0.2, 0) is 10.2 Å². The molecule has 1 saturated carbocycles. The Bertz CT molecular complexity index is 358. The van der Waals surface area contributed by atoms with Crippen LogP contribution in [0.4, 0.5) is 4.39 Å². The molecule has 0 aromatic carbocycles. The van der Waals surface area contributed by atoms with Crippen LogP contribution < -0.4 is 0 Å². The van der Waals surface area contributed by atoms with Gasteiger partial charge in [-0.05, 0) is 31.9 Å². The van der Waals surface area contributed by atoms with Gasteiger partial charge in [-0.3, -0.25) is 9.78 Å². The second-order valence-electron chi connectivity index (χ2n) is 3.47. The van der Waals surface area contributed by atoms with Crippen LogP contribution in [-0.4, -0.2) is 10.8 Å². The first kappa shape index (κ1) is 8.35. The lowest BCUT2D eigenvalue weighted by atomic mass is 9.97. The molecule has 0 atom stereocenters. The topological polar surface area (TPSA) is 30.0 Å². The molecule has 1 aromatic rings. The van der Waals surface area contributed by atoms with Crippen molar-refractivity contribution in [3.63, 3.8) is 0 Å². The minimum Gasteiger partial charge on any atom is -0.299 e. The second-order valence-corrected chi connectivity index (χ2v) is 3.47. The minimum atomic E-state index is -0.592. The summed E-state index contributed by atoms with van der Waals surface area (Å²) < 4.78 is 13.3. The van der Waals surface area contributed by atoms with Gasteiger partial charge in [-0.1, -0.05) is 0 Å². The van der Waals surface area contributed by atoms with E-state index in [4.69, 9.17) is 0 Å². The maximum absolute atomic E-state index is 13.3. The van der Waals surface area contributed by atoms with E-state index in [0.29, 0.717) is 5.69 Å². The zero-order chi connectivity index (χ0) is 9.47. The average molecular weight is 179 g/mol. The molecule has 1 heterocycles. The van der Waals surface area contributed by atoms with Gasteiger partial charge < -0.3 is 0 Å². The Labute approximate surface area is 75.8 Å². The molecular formula is C10H10FNO. The Kier molecular flexibility index (Phi) is 1.68. The lowest BCUT2D eigenvalue weighted by molar-refractivity contribution is -0.119. The van der Waals surface area contributed by atoms with E-state index in [0.717, 1.165) is 12.8 Å². The summed E-state index contributed by atoms with van der Waals surface area (Å²) in [6.07, 6.45) is 2.99. The number of carbonyl (C=O) groups excluding carboxylic acids is 1. The lowest BCUT2D eigenvalue weighted by Crippen LogP contribution is -2.20. The molecule has 2 rings (SSSR count). The summed E-state index contributed by atoms with van der Waals surface area (Å²) in [5.41, 5.74) is -0.270. The van der Waals surface area contributed by atoms with Gasteiger partial charge in [-0.2, -0.15) is 0 Å². The molecule has 1 aliphatic carbocycles. The lowest BCUT2D eigenvalue weighted by Gasteiger charge is -2.10. The van der Waals surface area contributed by atoms with Gasteiger partial charge in [0.2, 0.25) is 0 Å². The Morgan fingerprint density at radius 1 is 1.62 bits per heavy atom. The van der Waals surface area contributed by atoms with Crippen molar-refractivity contribution < 1.29 is 9.18 Å². The first-order chi connectivity index (χ1) is 6.17. The van der Waals surface area contributed by atoms with Gasteiger partial charge in [0, 0.05) is 6.20 Å². The molecule has 0 saturated heterocycles. The maximum atomic E-state index is 13.3. The molecule has 3 heteroatoms. The van der Waals surface area contributed by atoms with Crippen molar-refractivity contribution in [1.29, 1.82) is 0 Å². The van der Waals surface area contributed by atoms with Gasteiger partial charge in [0.25, 0.3) is 0 Å². The maximum Gasteiger partial charge on any atom is 0.145 e. The van der Waals surface area contributed by atoms with Crippen molar-refractivity contribution >= 4 is 5.78 Å². The summed E-state index contributed by atoms with van der Waals surface area (Å²) in [6.45, 7) is 1.50. The van der Waals surface area contributed by atoms with Crippen molar-refractivity contribution in [1.82, 2.24) is 4.98 Å². The quantitative estimate of drug-likeness (QED) is 0.693. The molecule has 0 N–H and O–H groups in total. The summed E-state index contributed by atoms with van der Waals surface area (Å²) >= 11 is 0. The van der Waals surface area contributed by atoms with Crippen molar-refractivity contribution in [3.8, 4) is 0 Å². The molecule has 0 bridgehead atoms. The summed E-state index contributed by atoms with van der Waals surface area (Å²) in [6, 6.07) is 2.89. The molecule has 0 radical (unpaired) electrons. The SMILES string of the molecule is CC(=O)C1(c2ncccc2F)CC1. The number of pyridine rings is 1. The second kappa shape index (κ2) is 2.62. The Hall–Kier alpha value is -1.25. The van der Waals surface area contributed by atoms with Crippen LogP contribution in [0.2, 0.25) is 0 Å². The number of nitrogens with zero attached hydrogens (tertiary/aromatic N) is 1. The monoisotopic (exact) mass is 179 g/mol. The van der Waals surface area contributed by atoms with Crippen LogP contribution in [0.25, 0.3) is 0 Å². The van der Waals surface area contributed by atoms with Crippen LogP contribution >= 0.6 is 0 Å².